The Labute approximate surface area is 136 Å². The predicted octanol–water partition coefficient (Wildman–Crippen LogP) is 4.92. The van der Waals surface area contributed by atoms with E-state index in [0.717, 1.165) is 16.6 Å². The molecule has 0 amide bonds. The van der Waals surface area contributed by atoms with Crippen molar-refractivity contribution in [1.29, 1.82) is 0 Å². The fourth-order valence-corrected chi connectivity index (χ4v) is 3.14. The van der Waals surface area contributed by atoms with Crippen molar-refractivity contribution >= 4 is 21.9 Å². The zero-order valence-corrected chi connectivity index (χ0v) is 12.9. The minimum absolute atomic E-state index is 0.0638. The SMILES string of the molecule is Cc1c(-c2ccccc2)c2[nH]c3ccc(C(F)F)cc3c2[nH]c1=O. The highest BCUT2D eigenvalue weighted by atomic mass is 19.3. The second-order valence-electron chi connectivity index (χ2n) is 5.80. The highest BCUT2D eigenvalue weighted by Gasteiger charge is 2.17. The van der Waals surface area contributed by atoms with E-state index in [-0.39, 0.29) is 11.1 Å². The van der Waals surface area contributed by atoms with E-state index in [1.165, 1.54) is 12.1 Å². The Hall–Kier alpha value is -2.95. The molecule has 2 aromatic carbocycles. The molecule has 0 spiro atoms. The lowest BCUT2D eigenvalue weighted by atomic mass is 10.0. The van der Waals surface area contributed by atoms with Gasteiger partial charge in [0, 0.05) is 27.6 Å². The number of fused-ring (bicyclic) bond motifs is 3. The van der Waals surface area contributed by atoms with Crippen molar-refractivity contribution in [3.63, 3.8) is 0 Å². The average Bonchev–Trinajstić information content (AvgIpc) is 2.93. The number of aromatic amines is 2. The minimum atomic E-state index is -2.55. The number of rotatable bonds is 2. The number of halogens is 2. The van der Waals surface area contributed by atoms with E-state index in [0.29, 0.717) is 22.0 Å². The number of pyridine rings is 1. The second kappa shape index (κ2) is 5.30. The van der Waals surface area contributed by atoms with Crippen LogP contribution in [0.3, 0.4) is 0 Å². The molecule has 0 unspecified atom stereocenters. The molecule has 2 heterocycles. The van der Waals surface area contributed by atoms with Gasteiger partial charge in [-0.1, -0.05) is 36.4 Å². The largest absolute Gasteiger partial charge is 0.353 e. The first-order valence-corrected chi connectivity index (χ1v) is 7.58. The molecule has 3 nitrogen and oxygen atoms in total. The summed E-state index contributed by atoms with van der Waals surface area (Å²) in [6.07, 6.45) is -2.55. The molecule has 0 saturated carbocycles. The Balaban J connectivity index is 2.15. The molecule has 0 aliphatic heterocycles. The number of hydrogen-bond acceptors (Lipinski definition) is 1. The third kappa shape index (κ3) is 2.12. The van der Waals surface area contributed by atoms with Crippen LogP contribution in [0.25, 0.3) is 33.1 Å². The standard InChI is InChI=1S/C19H14F2N2O/c1-10-15(11-5-3-2-4-6-11)17-16(23-19(10)24)13-9-12(18(20)21)7-8-14(13)22-17/h2-9,18,22H,1H3,(H,23,24). The monoisotopic (exact) mass is 324 g/mol. The average molecular weight is 324 g/mol. The molecule has 0 saturated heterocycles. The fraction of sp³-hybridized carbons (Fsp3) is 0.105. The Morgan fingerprint density at radius 3 is 2.42 bits per heavy atom. The lowest BCUT2D eigenvalue weighted by molar-refractivity contribution is 0.151. The number of H-pyrrole nitrogens is 2. The van der Waals surface area contributed by atoms with Crippen LogP contribution < -0.4 is 5.56 Å². The van der Waals surface area contributed by atoms with Gasteiger partial charge in [0.05, 0.1) is 11.0 Å². The van der Waals surface area contributed by atoms with Crippen molar-refractivity contribution in [3.8, 4) is 11.1 Å². The number of benzene rings is 2. The molecule has 24 heavy (non-hydrogen) atoms. The van der Waals surface area contributed by atoms with Crippen LogP contribution in [0.4, 0.5) is 8.78 Å². The highest BCUT2D eigenvalue weighted by molar-refractivity contribution is 6.10. The molecule has 0 aliphatic rings. The fourth-order valence-electron chi connectivity index (χ4n) is 3.14. The summed E-state index contributed by atoms with van der Waals surface area (Å²) < 4.78 is 26.0. The van der Waals surface area contributed by atoms with Crippen molar-refractivity contribution in [2.45, 2.75) is 13.3 Å². The Bertz CT molecular complexity index is 1110. The summed E-state index contributed by atoms with van der Waals surface area (Å²) >= 11 is 0. The van der Waals surface area contributed by atoms with E-state index in [9.17, 15) is 13.6 Å². The molecule has 4 rings (SSSR count). The van der Waals surface area contributed by atoms with Crippen molar-refractivity contribution < 1.29 is 8.78 Å². The Kier molecular flexibility index (Phi) is 3.23. The smallest absolute Gasteiger partial charge is 0.263 e. The van der Waals surface area contributed by atoms with E-state index < -0.39 is 6.43 Å². The number of alkyl halides is 2. The minimum Gasteiger partial charge on any atom is -0.353 e. The van der Waals surface area contributed by atoms with Crippen molar-refractivity contribution in [3.05, 3.63) is 70.0 Å². The topological polar surface area (TPSA) is 48.6 Å². The van der Waals surface area contributed by atoms with Gasteiger partial charge >= 0.3 is 0 Å². The zero-order chi connectivity index (χ0) is 16.8. The molecule has 0 aliphatic carbocycles. The van der Waals surface area contributed by atoms with Crippen molar-refractivity contribution in [2.24, 2.45) is 0 Å². The van der Waals surface area contributed by atoms with Gasteiger partial charge < -0.3 is 9.97 Å². The Morgan fingerprint density at radius 1 is 0.958 bits per heavy atom. The van der Waals surface area contributed by atoms with Crippen LogP contribution in [0.1, 0.15) is 17.6 Å². The second-order valence-corrected chi connectivity index (χ2v) is 5.80. The lowest BCUT2D eigenvalue weighted by Gasteiger charge is -2.07. The van der Waals surface area contributed by atoms with Crippen molar-refractivity contribution in [1.82, 2.24) is 9.97 Å². The van der Waals surface area contributed by atoms with Gasteiger partial charge in [-0.25, -0.2) is 8.78 Å². The van der Waals surface area contributed by atoms with E-state index in [1.54, 1.807) is 13.0 Å². The molecule has 120 valence electrons. The third-order valence-electron chi connectivity index (χ3n) is 4.34. The van der Waals surface area contributed by atoms with Crippen LogP contribution in [0.5, 0.6) is 0 Å². The number of hydrogen-bond donors (Lipinski definition) is 2. The summed E-state index contributed by atoms with van der Waals surface area (Å²) in [5.41, 5.74) is 4.04. The van der Waals surface area contributed by atoms with E-state index >= 15 is 0 Å². The van der Waals surface area contributed by atoms with Crippen LogP contribution in [-0.2, 0) is 0 Å². The van der Waals surface area contributed by atoms with Gasteiger partial charge in [0.1, 0.15) is 0 Å². The van der Waals surface area contributed by atoms with Gasteiger partial charge in [-0.3, -0.25) is 4.79 Å². The quantitative estimate of drug-likeness (QED) is 0.540. The third-order valence-corrected chi connectivity index (χ3v) is 4.34. The maximum absolute atomic E-state index is 13.0. The number of aromatic nitrogens is 2. The van der Waals surface area contributed by atoms with Crippen LogP contribution in [-0.4, -0.2) is 9.97 Å². The summed E-state index contributed by atoms with van der Waals surface area (Å²) in [5.74, 6) is 0. The first-order valence-electron chi connectivity index (χ1n) is 7.58. The van der Waals surface area contributed by atoms with Crippen LogP contribution in [0.2, 0.25) is 0 Å². The van der Waals surface area contributed by atoms with E-state index in [2.05, 4.69) is 9.97 Å². The molecule has 0 bridgehead atoms. The van der Waals surface area contributed by atoms with Gasteiger partial charge in [0.2, 0.25) is 0 Å². The number of nitrogens with one attached hydrogen (secondary N) is 2. The Morgan fingerprint density at radius 2 is 1.71 bits per heavy atom. The lowest BCUT2D eigenvalue weighted by Crippen LogP contribution is -2.10. The maximum atomic E-state index is 13.0. The summed E-state index contributed by atoms with van der Waals surface area (Å²) in [5, 5.41) is 0.595. The molecular weight excluding hydrogens is 310 g/mol. The molecule has 5 heteroatoms. The van der Waals surface area contributed by atoms with Gasteiger partial charge in [-0.2, -0.15) is 0 Å². The van der Waals surface area contributed by atoms with E-state index in [4.69, 9.17) is 0 Å². The zero-order valence-electron chi connectivity index (χ0n) is 12.9. The summed E-state index contributed by atoms with van der Waals surface area (Å²) in [6, 6.07) is 14.0. The van der Waals surface area contributed by atoms with Crippen LogP contribution >= 0.6 is 0 Å². The summed E-state index contributed by atoms with van der Waals surface area (Å²) in [6.45, 7) is 1.76. The first kappa shape index (κ1) is 14.6. The van der Waals surface area contributed by atoms with Gasteiger partial charge in [0.25, 0.3) is 12.0 Å². The maximum Gasteiger partial charge on any atom is 0.263 e. The first-order chi connectivity index (χ1) is 11.6. The molecule has 0 atom stereocenters. The van der Waals surface area contributed by atoms with Gasteiger partial charge in [-0.05, 0) is 24.6 Å². The van der Waals surface area contributed by atoms with Crippen LogP contribution in [0, 0.1) is 6.92 Å². The molecule has 4 aromatic rings. The van der Waals surface area contributed by atoms with Gasteiger partial charge in [0.15, 0.2) is 0 Å². The summed E-state index contributed by atoms with van der Waals surface area (Å²) in [7, 11) is 0. The molecule has 0 radical (unpaired) electrons. The van der Waals surface area contributed by atoms with E-state index in [1.807, 2.05) is 30.3 Å². The van der Waals surface area contributed by atoms with Crippen LogP contribution in [0.15, 0.2) is 53.3 Å². The molecule has 2 aromatic heterocycles. The molecule has 2 N–H and O–H groups in total. The van der Waals surface area contributed by atoms with Crippen molar-refractivity contribution in [2.75, 3.05) is 0 Å². The predicted molar refractivity (Wildman–Crippen MR) is 91.6 cm³/mol. The molecule has 0 fully saturated rings. The highest BCUT2D eigenvalue weighted by Crippen LogP contribution is 2.34. The normalized spacial score (nSPS) is 11.7. The van der Waals surface area contributed by atoms with Gasteiger partial charge in [-0.15, -0.1) is 0 Å². The summed E-state index contributed by atoms with van der Waals surface area (Å²) in [4.78, 5) is 18.5. The molecular formula is C19H14F2N2O.